The van der Waals surface area contributed by atoms with Crippen molar-refractivity contribution < 1.29 is 0 Å². The molecule has 1 fully saturated rings. The molecule has 1 aliphatic rings. The van der Waals surface area contributed by atoms with Crippen molar-refractivity contribution in [3.63, 3.8) is 0 Å². The summed E-state index contributed by atoms with van der Waals surface area (Å²) < 4.78 is 1.83. The molecule has 0 aromatic carbocycles. The third-order valence-corrected chi connectivity index (χ3v) is 3.47. The van der Waals surface area contributed by atoms with Gasteiger partial charge in [0.25, 0.3) is 0 Å². The van der Waals surface area contributed by atoms with Gasteiger partial charge in [0.15, 0.2) is 0 Å². The first-order valence-electron chi connectivity index (χ1n) is 5.51. The Morgan fingerprint density at radius 1 is 1.44 bits per heavy atom. The highest BCUT2D eigenvalue weighted by Crippen LogP contribution is 2.30. The van der Waals surface area contributed by atoms with Gasteiger partial charge in [-0.25, -0.2) is 9.78 Å². The highest BCUT2D eigenvalue weighted by molar-refractivity contribution is 6.29. The van der Waals surface area contributed by atoms with Gasteiger partial charge in [-0.15, -0.1) is 0 Å². The van der Waals surface area contributed by atoms with Crippen molar-refractivity contribution in [2.75, 3.05) is 0 Å². The van der Waals surface area contributed by atoms with Crippen molar-refractivity contribution in [3.8, 4) is 0 Å². The van der Waals surface area contributed by atoms with E-state index in [1.165, 1.54) is 12.8 Å². The maximum atomic E-state index is 11.9. The molecule has 0 spiro atoms. The summed E-state index contributed by atoms with van der Waals surface area (Å²) in [7, 11) is 0. The highest BCUT2D eigenvalue weighted by atomic mass is 35.5. The van der Waals surface area contributed by atoms with E-state index < -0.39 is 0 Å². The maximum absolute atomic E-state index is 11.9. The van der Waals surface area contributed by atoms with Crippen LogP contribution in [0.2, 0.25) is 5.15 Å². The molecule has 84 valence electrons. The Morgan fingerprint density at radius 2 is 2.19 bits per heavy atom. The number of nitrogens with one attached hydrogen (secondary N) is 1. The van der Waals surface area contributed by atoms with E-state index in [0.717, 1.165) is 23.9 Å². The van der Waals surface area contributed by atoms with Gasteiger partial charge >= 0.3 is 5.69 Å². The molecule has 0 unspecified atom stereocenters. The third kappa shape index (κ3) is 1.45. The van der Waals surface area contributed by atoms with E-state index >= 15 is 0 Å². The van der Waals surface area contributed by atoms with Gasteiger partial charge in [0.2, 0.25) is 0 Å². The van der Waals surface area contributed by atoms with E-state index in [1.54, 1.807) is 12.3 Å². The van der Waals surface area contributed by atoms with E-state index in [1.807, 2.05) is 4.57 Å². The van der Waals surface area contributed by atoms with Gasteiger partial charge in [-0.3, -0.25) is 4.57 Å². The fourth-order valence-electron chi connectivity index (χ4n) is 2.53. The van der Waals surface area contributed by atoms with E-state index in [4.69, 9.17) is 11.6 Å². The molecule has 3 rings (SSSR count). The molecule has 2 aromatic heterocycles. The van der Waals surface area contributed by atoms with Crippen LogP contribution in [0.1, 0.15) is 31.7 Å². The van der Waals surface area contributed by atoms with Crippen LogP contribution < -0.4 is 5.69 Å². The minimum Gasteiger partial charge on any atom is -0.304 e. The second-order valence-electron chi connectivity index (χ2n) is 4.26. The number of H-pyrrole nitrogens is 1. The summed E-state index contributed by atoms with van der Waals surface area (Å²) in [5, 5.41) is 0.429. The van der Waals surface area contributed by atoms with Crippen LogP contribution in [-0.4, -0.2) is 14.5 Å². The summed E-state index contributed by atoms with van der Waals surface area (Å²) in [6.07, 6.45) is 6.16. The zero-order chi connectivity index (χ0) is 11.1. The lowest BCUT2D eigenvalue weighted by atomic mass is 10.2. The molecule has 0 atom stereocenters. The Hall–Kier alpha value is -1.29. The number of pyridine rings is 1. The van der Waals surface area contributed by atoms with Crippen molar-refractivity contribution in [2.24, 2.45) is 0 Å². The van der Waals surface area contributed by atoms with Crippen LogP contribution in [0.4, 0.5) is 0 Å². The average molecular weight is 238 g/mol. The van der Waals surface area contributed by atoms with Crippen LogP contribution in [0, 0.1) is 0 Å². The van der Waals surface area contributed by atoms with Crippen molar-refractivity contribution in [2.45, 2.75) is 31.7 Å². The summed E-state index contributed by atoms with van der Waals surface area (Å²) in [6.45, 7) is 0. The number of hydrogen-bond acceptors (Lipinski definition) is 2. The van der Waals surface area contributed by atoms with Gasteiger partial charge in [-0.05, 0) is 12.8 Å². The number of rotatable bonds is 1. The van der Waals surface area contributed by atoms with Crippen LogP contribution >= 0.6 is 11.6 Å². The Morgan fingerprint density at radius 3 is 2.94 bits per heavy atom. The smallest absolute Gasteiger partial charge is 0.304 e. The summed E-state index contributed by atoms with van der Waals surface area (Å²) in [4.78, 5) is 18.7. The van der Waals surface area contributed by atoms with Gasteiger partial charge in [0.1, 0.15) is 5.15 Å². The molecular weight excluding hydrogens is 226 g/mol. The van der Waals surface area contributed by atoms with Crippen LogP contribution in [0.5, 0.6) is 0 Å². The van der Waals surface area contributed by atoms with E-state index in [9.17, 15) is 4.79 Å². The average Bonchev–Trinajstić information content (AvgIpc) is 2.83. The van der Waals surface area contributed by atoms with E-state index in [2.05, 4.69) is 9.97 Å². The quantitative estimate of drug-likeness (QED) is 0.775. The fraction of sp³-hybridized carbons (Fsp3) is 0.455. The number of halogens is 1. The summed E-state index contributed by atoms with van der Waals surface area (Å²) >= 11 is 5.87. The lowest BCUT2D eigenvalue weighted by Gasteiger charge is -2.10. The van der Waals surface area contributed by atoms with Gasteiger partial charge in [-0.1, -0.05) is 24.4 Å². The Bertz CT molecular complexity index is 580. The van der Waals surface area contributed by atoms with Crippen LogP contribution in [-0.2, 0) is 0 Å². The molecule has 16 heavy (non-hydrogen) atoms. The number of aromatic nitrogens is 3. The van der Waals surface area contributed by atoms with E-state index in [0.29, 0.717) is 11.2 Å². The second-order valence-corrected chi connectivity index (χ2v) is 4.65. The number of imidazole rings is 1. The largest absolute Gasteiger partial charge is 0.326 e. The molecule has 2 aromatic rings. The van der Waals surface area contributed by atoms with E-state index in [-0.39, 0.29) is 5.69 Å². The summed E-state index contributed by atoms with van der Waals surface area (Å²) in [5.74, 6) is 0. The number of nitrogens with zero attached hydrogens (tertiary/aromatic N) is 2. The monoisotopic (exact) mass is 237 g/mol. The summed E-state index contributed by atoms with van der Waals surface area (Å²) in [6, 6.07) is 2.08. The molecule has 4 nitrogen and oxygen atoms in total. The Kier molecular flexibility index (Phi) is 2.24. The lowest BCUT2D eigenvalue weighted by molar-refractivity contribution is 0.518. The highest BCUT2D eigenvalue weighted by Gasteiger charge is 2.21. The standard InChI is InChI=1S/C11H12ClN3O/c12-10-5-9-8(6-13-10)14-11(16)15(9)7-3-1-2-4-7/h5-7H,1-4H2,(H,14,16). The number of hydrogen-bond donors (Lipinski definition) is 1. The lowest BCUT2D eigenvalue weighted by Crippen LogP contribution is -2.20. The first-order valence-corrected chi connectivity index (χ1v) is 5.89. The van der Waals surface area contributed by atoms with Crippen molar-refractivity contribution >= 4 is 22.6 Å². The molecule has 1 N–H and O–H groups in total. The molecule has 5 heteroatoms. The number of aromatic amines is 1. The first kappa shape index (κ1) is 9.90. The zero-order valence-electron chi connectivity index (χ0n) is 8.74. The molecular formula is C11H12ClN3O. The normalized spacial score (nSPS) is 17.3. The Balaban J connectivity index is 2.25. The minimum atomic E-state index is -0.0500. The zero-order valence-corrected chi connectivity index (χ0v) is 9.50. The van der Waals surface area contributed by atoms with Crippen molar-refractivity contribution in [1.29, 1.82) is 0 Å². The fourth-order valence-corrected chi connectivity index (χ4v) is 2.68. The SMILES string of the molecule is O=c1[nH]c2cnc(Cl)cc2n1C1CCCC1. The third-order valence-electron chi connectivity index (χ3n) is 3.26. The maximum Gasteiger partial charge on any atom is 0.326 e. The number of fused-ring (bicyclic) bond motifs is 1. The summed E-state index contributed by atoms with van der Waals surface area (Å²) in [5.41, 5.74) is 1.59. The molecule has 2 heterocycles. The predicted molar refractivity (Wildman–Crippen MR) is 62.9 cm³/mol. The molecule has 0 bridgehead atoms. The minimum absolute atomic E-state index is 0.0500. The van der Waals surface area contributed by atoms with Gasteiger partial charge in [0.05, 0.1) is 17.2 Å². The van der Waals surface area contributed by atoms with Crippen LogP contribution in [0.3, 0.4) is 0 Å². The van der Waals surface area contributed by atoms with Crippen molar-refractivity contribution in [1.82, 2.24) is 14.5 Å². The predicted octanol–water partition coefficient (Wildman–Crippen LogP) is 2.49. The van der Waals surface area contributed by atoms with Crippen molar-refractivity contribution in [3.05, 3.63) is 27.9 Å². The molecule has 1 saturated carbocycles. The molecule has 0 radical (unpaired) electrons. The molecule has 0 amide bonds. The van der Waals surface area contributed by atoms with Gasteiger partial charge < -0.3 is 4.98 Å². The first-order chi connectivity index (χ1) is 7.75. The van der Waals surface area contributed by atoms with Crippen LogP contribution in [0.15, 0.2) is 17.1 Å². The topological polar surface area (TPSA) is 50.7 Å². The molecule has 1 aliphatic carbocycles. The second kappa shape index (κ2) is 3.63. The molecule has 0 aliphatic heterocycles. The van der Waals surface area contributed by atoms with Gasteiger partial charge in [-0.2, -0.15) is 0 Å². The Labute approximate surface area is 97.3 Å². The van der Waals surface area contributed by atoms with Crippen LogP contribution in [0.25, 0.3) is 11.0 Å². The van der Waals surface area contributed by atoms with Gasteiger partial charge in [0, 0.05) is 12.1 Å². The molecule has 0 saturated heterocycles.